The molecule has 0 aliphatic rings. The van der Waals surface area contributed by atoms with Crippen LogP contribution < -0.4 is 5.32 Å². The van der Waals surface area contributed by atoms with Crippen LogP contribution in [-0.2, 0) is 11.8 Å². The summed E-state index contributed by atoms with van der Waals surface area (Å²) in [6.45, 7) is 5.44. The number of nitro groups is 1. The number of nitrogens with zero attached hydrogens (tertiary/aromatic N) is 2. The number of aromatic nitrogens is 1. The van der Waals surface area contributed by atoms with Crippen molar-refractivity contribution in [1.82, 2.24) is 9.88 Å². The Morgan fingerprint density at radius 3 is 2.38 bits per heavy atom. The van der Waals surface area contributed by atoms with E-state index >= 15 is 0 Å². The number of rotatable bonds is 5. The standard InChI is InChI=1S/C13H19N3O5/c1-13(2,3)9(7-11(17)18)14-12(19)8-5-6-10(15(8)4)16(20)21/h5-6,9H,7H2,1-4H3,(H,14,19)(H,17,18). The van der Waals surface area contributed by atoms with Crippen molar-refractivity contribution in [2.24, 2.45) is 12.5 Å². The average molecular weight is 297 g/mol. The van der Waals surface area contributed by atoms with Gasteiger partial charge in [-0.1, -0.05) is 20.8 Å². The van der Waals surface area contributed by atoms with Crippen LogP contribution in [0.1, 0.15) is 37.7 Å². The fourth-order valence-electron chi connectivity index (χ4n) is 1.89. The van der Waals surface area contributed by atoms with Gasteiger partial charge in [-0.15, -0.1) is 0 Å². The molecule has 116 valence electrons. The smallest absolute Gasteiger partial charge is 0.323 e. The first-order valence-electron chi connectivity index (χ1n) is 6.36. The van der Waals surface area contributed by atoms with Gasteiger partial charge in [0, 0.05) is 12.1 Å². The molecule has 1 aromatic rings. The van der Waals surface area contributed by atoms with E-state index in [0.717, 1.165) is 4.57 Å². The van der Waals surface area contributed by atoms with E-state index in [0.29, 0.717) is 0 Å². The van der Waals surface area contributed by atoms with Gasteiger partial charge in [-0.2, -0.15) is 0 Å². The fourth-order valence-corrected chi connectivity index (χ4v) is 1.89. The highest BCUT2D eigenvalue weighted by Crippen LogP contribution is 2.23. The third kappa shape index (κ3) is 4.04. The van der Waals surface area contributed by atoms with Crippen LogP contribution in [0, 0.1) is 15.5 Å². The van der Waals surface area contributed by atoms with Crippen molar-refractivity contribution in [1.29, 1.82) is 0 Å². The maximum absolute atomic E-state index is 12.2. The number of nitrogens with one attached hydrogen (secondary N) is 1. The Labute approximate surface area is 121 Å². The first kappa shape index (κ1) is 16.7. The molecule has 8 heteroatoms. The summed E-state index contributed by atoms with van der Waals surface area (Å²) in [5, 5.41) is 22.3. The molecule has 0 bridgehead atoms. The Kier molecular flexibility index (Phi) is 4.72. The number of carbonyl (C=O) groups is 2. The summed E-state index contributed by atoms with van der Waals surface area (Å²) >= 11 is 0. The van der Waals surface area contributed by atoms with Gasteiger partial charge in [-0.3, -0.25) is 9.59 Å². The zero-order valence-electron chi connectivity index (χ0n) is 12.4. The van der Waals surface area contributed by atoms with Crippen LogP contribution >= 0.6 is 0 Å². The van der Waals surface area contributed by atoms with Crippen molar-refractivity contribution in [3.8, 4) is 0 Å². The van der Waals surface area contributed by atoms with Crippen molar-refractivity contribution < 1.29 is 19.6 Å². The largest absolute Gasteiger partial charge is 0.481 e. The number of amides is 1. The highest BCUT2D eigenvalue weighted by atomic mass is 16.6. The molecule has 1 atom stereocenters. The van der Waals surface area contributed by atoms with Gasteiger partial charge < -0.3 is 20.5 Å². The van der Waals surface area contributed by atoms with E-state index in [2.05, 4.69) is 5.32 Å². The molecule has 0 aliphatic carbocycles. The molecular weight excluding hydrogens is 278 g/mol. The molecule has 21 heavy (non-hydrogen) atoms. The van der Waals surface area contributed by atoms with E-state index in [1.807, 2.05) is 20.8 Å². The molecule has 1 aromatic heterocycles. The lowest BCUT2D eigenvalue weighted by Crippen LogP contribution is -2.45. The van der Waals surface area contributed by atoms with Gasteiger partial charge in [-0.05, 0) is 16.4 Å². The quantitative estimate of drug-likeness (QED) is 0.632. The van der Waals surface area contributed by atoms with Crippen molar-refractivity contribution in [2.75, 3.05) is 0 Å². The summed E-state index contributed by atoms with van der Waals surface area (Å²) in [7, 11) is 1.41. The first-order chi connectivity index (χ1) is 9.54. The lowest BCUT2D eigenvalue weighted by molar-refractivity contribution is -0.391. The molecule has 1 unspecified atom stereocenters. The minimum Gasteiger partial charge on any atom is -0.481 e. The number of carbonyl (C=O) groups excluding carboxylic acids is 1. The van der Waals surface area contributed by atoms with Crippen molar-refractivity contribution in [3.63, 3.8) is 0 Å². The van der Waals surface area contributed by atoms with E-state index in [4.69, 9.17) is 5.11 Å². The molecule has 2 N–H and O–H groups in total. The van der Waals surface area contributed by atoms with Crippen LogP contribution in [-0.4, -0.2) is 32.5 Å². The topological polar surface area (TPSA) is 114 Å². The molecule has 0 aliphatic heterocycles. The summed E-state index contributed by atoms with van der Waals surface area (Å²) in [5.74, 6) is -1.76. The van der Waals surface area contributed by atoms with Gasteiger partial charge in [0.2, 0.25) is 0 Å². The van der Waals surface area contributed by atoms with Gasteiger partial charge in [0.25, 0.3) is 5.91 Å². The Hall–Kier alpha value is -2.38. The molecule has 0 saturated carbocycles. The zero-order chi connectivity index (χ0) is 16.4. The number of carboxylic acids is 1. The zero-order valence-corrected chi connectivity index (χ0v) is 12.4. The molecule has 1 rings (SSSR count). The summed E-state index contributed by atoms with van der Waals surface area (Å²) in [6.07, 6.45) is -0.220. The monoisotopic (exact) mass is 297 g/mol. The van der Waals surface area contributed by atoms with E-state index in [1.54, 1.807) is 0 Å². The van der Waals surface area contributed by atoms with Crippen LogP contribution in [0.4, 0.5) is 5.82 Å². The van der Waals surface area contributed by atoms with Gasteiger partial charge in [0.1, 0.15) is 0 Å². The van der Waals surface area contributed by atoms with Gasteiger partial charge in [0.05, 0.1) is 13.5 Å². The molecule has 0 fully saturated rings. The number of hydrogen-bond acceptors (Lipinski definition) is 4. The third-order valence-electron chi connectivity index (χ3n) is 3.24. The fraction of sp³-hybridized carbons (Fsp3) is 0.538. The second kappa shape index (κ2) is 5.94. The second-order valence-electron chi connectivity index (χ2n) is 5.88. The molecule has 1 amide bonds. The minimum atomic E-state index is -1.02. The molecule has 1 heterocycles. The lowest BCUT2D eigenvalue weighted by Gasteiger charge is -2.30. The first-order valence-corrected chi connectivity index (χ1v) is 6.36. The van der Waals surface area contributed by atoms with Crippen LogP contribution in [0.5, 0.6) is 0 Å². The Balaban J connectivity index is 2.97. The predicted octanol–water partition coefficient (Wildman–Crippen LogP) is 1.55. The second-order valence-corrected chi connectivity index (χ2v) is 5.88. The lowest BCUT2D eigenvalue weighted by atomic mass is 9.84. The average Bonchev–Trinajstić information content (AvgIpc) is 2.68. The van der Waals surface area contributed by atoms with Crippen LogP contribution in [0.3, 0.4) is 0 Å². The normalized spacial score (nSPS) is 12.8. The maximum Gasteiger partial charge on any atom is 0.323 e. The molecule has 0 radical (unpaired) electrons. The minimum absolute atomic E-state index is 0.112. The van der Waals surface area contributed by atoms with Crippen LogP contribution in [0.2, 0.25) is 0 Å². The molecule has 0 aromatic carbocycles. The van der Waals surface area contributed by atoms with Crippen molar-refractivity contribution >= 4 is 17.7 Å². The maximum atomic E-state index is 12.2. The number of carboxylic acid groups (broad SMARTS) is 1. The molecule has 8 nitrogen and oxygen atoms in total. The Morgan fingerprint density at radius 2 is 2.00 bits per heavy atom. The van der Waals surface area contributed by atoms with Crippen LogP contribution in [0.15, 0.2) is 12.1 Å². The van der Waals surface area contributed by atoms with Gasteiger partial charge >= 0.3 is 11.8 Å². The van der Waals surface area contributed by atoms with E-state index in [9.17, 15) is 19.7 Å². The van der Waals surface area contributed by atoms with E-state index in [-0.39, 0.29) is 17.9 Å². The van der Waals surface area contributed by atoms with Crippen LogP contribution in [0.25, 0.3) is 0 Å². The molecule has 0 saturated heterocycles. The Bertz CT molecular complexity index is 571. The summed E-state index contributed by atoms with van der Waals surface area (Å²) in [6, 6.07) is 1.99. The highest BCUT2D eigenvalue weighted by Gasteiger charge is 2.30. The summed E-state index contributed by atoms with van der Waals surface area (Å²) in [5.41, 5.74) is -0.341. The van der Waals surface area contributed by atoms with Gasteiger partial charge in [-0.25, -0.2) is 4.57 Å². The van der Waals surface area contributed by atoms with E-state index < -0.39 is 28.3 Å². The van der Waals surface area contributed by atoms with Crippen molar-refractivity contribution in [3.05, 3.63) is 27.9 Å². The molecule has 0 spiro atoms. The number of hydrogen-bond donors (Lipinski definition) is 2. The Morgan fingerprint density at radius 1 is 1.43 bits per heavy atom. The summed E-state index contributed by atoms with van der Waals surface area (Å²) < 4.78 is 1.16. The summed E-state index contributed by atoms with van der Waals surface area (Å²) in [4.78, 5) is 33.3. The SMILES string of the molecule is Cn1c(C(=O)NC(CC(=O)O)C(C)(C)C)ccc1[N+](=O)[O-]. The number of aliphatic carboxylic acids is 1. The van der Waals surface area contributed by atoms with Crippen molar-refractivity contribution in [2.45, 2.75) is 33.2 Å². The molecular formula is C13H19N3O5. The van der Waals surface area contributed by atoms with Gasteiger partial charge in [0.15, 0.2) is 5.69 Å². The predicted molar refractivity (Wildman–Crippen MR) is 75.0 cm³/mol. The van der Waals surface area contributed by atoms with E-state index in [1.165, 1.54) is 19.2 Å². The third-order valence-corrected chi connectivity index (χ3v) is 3.24. The highest BCUT2D eigenvalue weighted by molar-refractivity contribution is 5.93.